The third kappa shape index (κ3) is 26.1. The minimum atomic E-state index is -4.41. The highest BCUT2D eigenvalue weighted by molar-refractivity contribution is 7.81. The number of aromatic nitrogens is 2. The molecule has 0 amide bonds. The molecule has 58 heavy (non-hydrogen) atoms. The maximum Gasteiger partial charge on any atom is 0.399 e. The van der Waals surface area contributed by atoms with Gasteiger partial charge in [0.1, 0.15) is 12.4 Å². The number of rotatable bonds is 15. The molecule has 0 aromatic carbocycles. The van der Waals surface area contributed by atoms with E-state index in [1.165, 1.54) is 12.8 Å². The van der Waals surface area contributed by atoms with Crippen molar-refractivity contribution < 1.29 is 62.9 Å². The van der Waals surface area contributed by atoms with Crippen molar-refractivity contribution >= 4 is 55.2 Å². The molecule has 2 aromatic rings. The Balaban J connectivity index is -0.000000727. The first kappa shape index (κ1) is 57.4. The molecule has 1 fully saturated rings. The van der Waals surface area contributed by atoms with Gasteiger partial charge in [-0.05, 0) is 26.9 Å². The Morgan fingerprint density at radius 1 is 0.690 bits per heavy atom. The lowest BCUT2D eigenvalue weighted by atomic mass is 10.3. The summed E-state index contributed by atoms with van der Waals surface area (Å²) in [6.07, 6.45) is 4.61. The summed E-state index contributed by atoms with van der Waals surface area (Å²) in [5, 5.41) is 43.2. The second-order valence-electron chi connectivity index (χ2n) is 12.4. The highest BCUT2D eigenvalue weighted by Gasteiger charge is 2.25. The van der Waals surface area contributed by atoms with Gasteiger partial charge in [0.15, 0.2) is 0 Å². The van der Waals surface area contributed by atoms with Crippen molar-refractivity contribution in [2.24, 2.45) is 0 Å². The molecule has 0 N–H and O–H groups in total. The topological polar surface area (TPSA) is 336 Å². The van der Waals surface area contributed by atoms with Gasteiger partial charge in [0, 0.05) is 40.4 Å². The third-order valence-electron chi connectivity index (χ3n) is 6.63. The van der Waals surface area contributed by atoms with Crippen LogP contribution in [0, 0.1) is 40.5 Å². The molecule has 0 unspecified atom stereocenters. The van der Waals surface area contributed by atoms with Crippen LogP contribution in [0.3, 0.4) is 0 Å². The largest absolute Gasteiger partial charge is 0.726 e. The van der Waals surface area contributed by atoms with E-state index in [9.17, 15) is 61.8 Å². The highest BCUT2D eigenvalue weighted by Crippen LogP contribution is 2.29. The number of anilines is 2. The fourth-order valence-electron chi connectivity index (χ4n) is 3.52. The van der Waals surface area contributed by atoms with Crippen molar-refractivity contribution in [3.8, 4) is 0 Å². The zero-order valence-corrected chi connectivity index (χ0v) is 34.8. The number of ether oxygens (including phenoxy) is 1. The Labute approximate surface area is 337 Å². The summed E-state index contributed by atoms with van der Waals surface area (Å²) in [5.41, 5.74) is -1.50. The van der Waals surface area contributed by atoms with Crippen LogP contribution in [0.25, 0.3) is 0 Å². The van der Waals surface area contributed by atoms with Crippen molar-refractivity contribution in [2.45, 2.75) is 20.3 Å². The van der Waals surface area contributed by atoms with Crippen LogP contribution in [-0.2, 0) is 38.1 Å². The standard InChI is InChI=1S/C11H18N5O4.C10H15N5O4.C4H8O.C2H6O4S.CH4O4S.CH4/c1-13(5-6-16(2,3)4)11-10(15(19)20)7-9(8-12-11)14(17)18;1-12(2)4-5-13(3)10-9(15(18)19)6-8(7-11-10)14(16)17;1-2-4-5-3-1;1-5-7(3,4)6-2;1-5-6(2,3)4;/h7-8H,5-6H2,1-4H3;6-7H,4-5H2,1-3H3;1-4H2;1-2H3;1H3,(H,2,3,4);1H4/q+1;;;;;/p-1. The van der Waals surface area contributed by atoms with E-state index >= 15 is 0 Å². The minimum Gasteiger partial charge on any atom is -0.726 e. The summed E-state index contributed by atoms with van der Waals surface area (Å²) in [6, 6.07) is 1.86. The van der Waals surface area contributed by atoms with Gasteiger partial charge in [-0.15, -0.1) is 0 Å². The minimum absolute atomic E-state index is 0. The smallest absolute Gasteiger partial charge is 0.399 e. The summed E-state index contributed by atoms with van der Waals surface area (Å²) in [7, 11) is 7.90. The van der Waals surface area contributed by atoms with E-state index in [1.807, 2.05) is 40.1 Å². The number of quaternary nitrogens is 1. The second kappa shape index (κ2) is 27.7. The Morgan fingerprint density at radius 3 is 1.28 bits per heavy atom. The van der Waals surface area contributed by atoms with Gasteiger partial charge in [-0.25, -0.2) is 18.4 Å². The van der Waals surface area contributed by atoms with Gasteiger partial charge in [-0.3, -0.25) is 53.0 Å². The number of pyridine rings is 2. The van der Waals surface area contributed by atoms with Crippen LogP contribution < -0.4 is 9.80 Å². The van der Waals surface area contributed by atoms with Crippen LogP contribution in [0.2, 0.25) is 0 Å². The SMILES string of the molecule is C.C1CCOC1.CN(C)CCN(C)c1ncc([N+](=O)[O-])cc1[N+](=O)[O-].CN(CC[N+](C)(C)C)c1ncc([N+](=O)[O-])cc1[N+](=O)[O-].COS(=O)(=O)OC.COS(=O)(=O)[O-]. The van der Waals surface area contributed by atoms with Crippen LogP contribution >= 0.6 is 0 Å². The van der Waals surface area contributed by atoms with Crippen LogP contribution in [0.5, 0.6) is 0 Å². The maximum absolute atomic E-state index is 11.0. The lowest BCUT2D eigenvalue weighted by Crippen LogP contribution is -2.41. The molecule has 1 saturated heterocycles. The van der Waals surface area contributed by atoms with Crippen molar-refractivity contribution in [3.05, 3.63) is 65.0 Å². The second-order valence-corrected chi connectivity index (χ2v) is 15.0. The van der Waals surface area contributed by atoms with E-state index in [4.69, 9.17) is 4.74 Å². The fraction of sp³-hybridized carbons (Fsp3) is 0.655. The molecule has 0 atom stereocenters. The molecule has 2 aromatic heterocycles. The third-order valence-corrected chi connectivity index (χ3v) is 7.86. The number of hydrogen-bond acceptors (Lipinski definition) is 22. The first-order chi connectivity index (χ1) is 26.1. The van der Waals surface area contributed by atoms with Crippen LogP contribution in [-0.4, -0.2) is 170 Å². The Hall–Kier alpha value is -4.88. The van der Waals surface area contributed by atoms with Gasteiger partial charge in [0.2, 0.25) is 22.0 Å². The monoisotopic (exact) mass is 878 g/mol. The van der Waals surface area contributed by atoms with Gasteiger partial charge in [0.25, 0.3) is 11.4 Å². The molecule has 1 aliphatic heterocycles. The van der Waals surface area contributed by atoms with E-state index in [2.05, 4.69) is 22.5 Å². The first-order valence-electron chi connectivity index (χ1n) is 16.0. The van der Waals surface area contributed by atoms with E-state index in [1.54, 1.807) is 23.9 Å². The lowest BCUT2D eigenvalue weighted by Gasteiger charge is -2.27. The molecule has 0 spiro atoms. The Bertz CT molecular complexity index is 1790. The van der Waals surface area contributed by atoms with Gasteiger partial charge in [-0.1, -0.05) is 7.43 Å². The van der Waals surface area contributed by atoms with Gasteiger partial charge < -0.3 is 28.5 Å². The summed E-state index contributed by atoms with van der Waals surface area (Å²) in [5.74, 6) is 0.256. The normalized spacial score (nSPS) is 12.0. The lowest BCUT2D eigenvalue weighted by molar-refractivity contribution is -0.868. The molecule has 0 saturated carbocycles. The number of likely N-dealkylation sites (N-methyl/N-ethyl adjacent to an activating group) is 4. The molecule has 29 heteroatoms. The van der Waals surface area contributed by atoms with Crippen LogP contribution in [0.15, 0.2) is 24.5 Å². The molecule has 27 nitrogen and oxygen atoms in total. The summed E-state index contributed by atoms with van der Waals surface area (Å²) in [6.45, 7) is 4.52. The van der Waals surface area contributed by atoms with Crippen molar-refractivity contribution in [2.75, 3.05) is 120 Å². The maximum atomic E-state index is 11.0. The number of nitro groups is 4. The quantitative estimate of drug-likeness (QED) is 0.0811. The summed E-state index contributed by atoms with van der Waals surface area (Å²) >= 11 is 0. The molecule has 3 rings (SSSR count). The van der Waals surface area contributed by atoms with Gasteiger partial charge in [-0.2, -0.15) is 8.42 Å². The van der Waals surface area contributed by atoms with Gasteiger partial charge >= 0.3 is 21.8 Å². The molecule has 3 heterocycles. The van der Waals surface area contributed by atoms with Gasteiger partial charge in [0.05, 0.1) is 87.4 Å². The zero-order chi connectivity index (χ0) is 44.7. The average molecular weight is 879 g/mol. The first-order valence-corrected chi connectivity index (χ1v) is 18.7. The predicted octanol–water partition coefficient (Wildman–Crippen LogP) is 1.99. The fourth-order valence-corrected chi connectivity index (χ4v) is 3.65. The number of nitrogens with zero attached hydrogens (tertiary/aromatic N) is 10. The van der Waals surface area contributed by atoms with E-state index in [0.717, 1.165) is 65.6 Å². The summed E-state index contributed by atoms with van der Waals surface area (Å²) in [4.78, 5) is 53.3. The van der Waals surface area contributed by atoms with Crippen molar-refractivity contribution in [3.63, 3.8) is 0 Å². The van der Waals surface area contributed by atoms with E-state index in [-0.39, 0.29) is 36.1 Å². The van der Waals surface area contributed by atoms with E-state index < -0.39 is 46.2 Å². The molecule has 0 bridgehead atoms. The molecular weight excluding hydrogens is 825 g/mol. The molecular formula is C29H54N10O17S2. The molecule has 334 valence electrons. The Kier molecular flexibility index (Phi) is 27.4. The van der Waals surface area contributed by atoms with Crippen LogP contribution in [0.1, 0.15) is 20.3 Å². The molecule has 1 aliphatic rings. The molecule has 0 radical (unpaired) electrons. The average Bonchev–Trinajstić information content (AvgIpc) is 3.73. The predicted molar refractivity (Wildman–Crippen MR) is 210 cm³/mol. The zero-order valence-electron chi connectivity index (χ0n) is 33.2. The van der Waals surface area contributed by atoms with E-state index in [0.29, 0.717) is 24.1 Å². The van der Waals surface area contributed by atoms with Crippen molar-refractivity contribution in [1.29, 1.82) is 0 Å². The number of hydrogen-bond donors (Lipinski definition) is 0. The summed E-state index contributed by atoms with van der Waals surface area (Å²) < 4.78 is 64.2. The van der Waals surface area contributed by atoms with Crippen molar-refractivity contribution in [1.82, 2.24) is 14.9 Å². The Morgan fingerprint density at radius 2 is 1.05 bits per heavy atom. The molecule has 0 aliphatic carbocycles. The van der Waals surface area contributed by atoms with Crippen LogP contribution in [0.4, 0.5) is 34.4 Å². The highest BCUT2D eigenvalue weighted by atomic mass is 32.3.